The molecule has 1 heterocycles. The molecule has 0 fully saturated rings. The van der Waals surface area contributed by atoms with Crippen LogP contribution in [0.25, 0.3) is 0 Å². The van der Waals surface area contributed by atoms with Crippen LogP contribution in [0.3, 0.4) is 0 Å². The van der Waals surface area contributed by atoms with Crippen LogP contribution in [0.5, 0.6) is 0 Å². The van der Waals surface area contributed by atoms with Crippen LogP contribution in [0.2, 0.25) is 0 Å². The molecule has 0 radical (unpaired) electrons. The predicted molar refractivity (Wildman–Crippen MR) is 82.2 cm³/mol. The molecule has 5 heteroatoms. The summed E-state index contributed by atoms with van der Waals surface area (Å²) < 4.78 is 16.6. The average molecular weight is 340 g/mol. The molecular formula is C15H19BrFN3. The van der Waals surface area contributed by atoms with Crippen LogP contribution in [0.1, 0.15) is 29.9 Å². The Bertz CT molecular complexity index is 595. The molecule has 0 aliphatic heterocycles. The lowest BCUT2D eigenvalue weighted by Gasteiger charge is -2.19. The summed E-state index contributed by atoms with van der Waals surface area (Å²) in [7, 11) is 1.92. The number of benzene rings is 1. The molecule has 0 aliphatic rings. The number of hydrogen-bond donors (Lipinski definition) is 1. The van der Waals surface area contributed by atoms with E-state index in [9.17, 15) is 4.39 Å². The van der Waals surface area contributed by atoms with E-state index in [1.54, 1.807) is 6.07 Å². The minimum absolute atomic E-state index is 0.0627. The van der Waals surface area contributed by atoms with Gasteiger partial charge < -0.3 is 5.32 Å². The highest BCUT2D eigenvalue weighted by atomic mass is 79.9. The minimum atomic E-state index is -0.197. The Morgan fingerprint density at radius 1 is 1.45 bits per heavy atom. The molecule has 1 atom stereocenters. The second-order valence-electron chi connectivity index (χ2n) is 4.86. The smallest absolute Gasteiger partial charge is 0.142 e. The van der Waals surface area contributed by atoms with E-state index in [0.29, 0.717) is 16.5 Å². The van der Waals surface area contributed by atoms with Crippen LogP contribution >= 0.6 is 15.9 Å². The maximum Gasteiger partial charge on any atom is 0.142 e. The van der Waals surface area contributed by atoms with Gasteiger partial charge in [-0.2, -0.15) is 5.10 Å². The topological polar surface area (TPSA) is 29.9 Å². The molecule has 0 saturated carbocycles. The van der Waals surface area contributed by atoms with E-state index in [0.717, 1.165) is 17.9 Å². The Morgan fingerprint density at radius 2 is 2.20 bits per heavy atom. The predicted octanol–water partition coefficient (Wildman–Crippen LogP) is 3.52. The van der Waals surface area contributed by atoms with Crippen molar-refractivity contribution < 1.29 is 4.39 Å². The molecule has 0 bridgehead atoms. The Labute approximate surface area is 127 Å². The fraction of sp³-hybridized carbons (Fsp3) is 0.400. The summed E-state index contributed by atoms with van der Waals surface area (Å²) in [5.41, 5.74) is 2.75. The van der Waals surface area contributed by atoms with E-state index < -0.39 is 0 Å². The van der Waals surface area contributed by atoms with Crippen LogP contribution in [-0.2, 0) is 13.5 Å². The summed E-state index contributed by atoms with van der Waals surface area (Å²) in [6, 6.07) is 7.39. The quantitative estimate of drug-likeness (QED) is 0.903. The van der Waals surface area contributed by atoms with Gasteiger partial charge in [-0.05, 0) is 41.5 Å². The van der Waals surface area contributed by atoms with Crippen molar-refractivity contribution in [3.63, 3.8) is 0 Å². The molecule has 2 rings (SSSR count). The lowest BCUT2D eigenvalue weighted by atomic mass is 10.0. The van der Waals surface area contributed by atoms with Crippen LogP contribution in [0, 0.1) is 12.7 Å². The van der Waals surface area contributed by atoms with E-state index in [1.165, 1.54) is 0 Å². The molecule has 2 aromatic rings. The van der Waals surface area contributed by atoms with Crippen molar-refractivity contribution in [2.75, 3.05) is 6.54 Å². The van der Waals surface area contributed by atoms with Gasteiger partial charge in [-0.3, -0.25) is 4.68 Å². The summed E-state index contributed by atoms with van der Waals surface area (Å²) in [5, 5.41) is 7.69. The monoisotopic (exact) mass is 339 g/mol. The molecular weight excluding hydrogens is 321 g/mol. The Hall–Kier alpha value is -1.20. The highest BCUT2D eigenvalue weighted by Crippen LogP contribution is 2.26. The minimum Gasteiger partial charge on any atom is -0.310 e. The largest absolute Gasteiger partial charge is 0.310 e. The van der Waals surface area contributed by atoms with Crippen LogP contribution in [-0.4, -0.2) is 16.3 Å². The molecule has 3 nitrogen and oxygen atoms in total. The molecule has 1 N–H and O–H groups in total. The van der Waals surface area contributed by atoms with Gasteiger partial charge in [0.05, 0.1) is 10.2 Å². The molecule has 1 aromatic carbocycles. The van der Waals surface area contributed by atoms with Crippen molar-refractivity contribution in [2.45, 2.75) is 26.3 Å². The van der Waals surface area contributed by atoms with Crippen LogP contribution in [0.15, 0.2) is 28.7 Å². The van der Waals surface area contributed by atoms with Crippen molar-refractivity contribution in [1.82, 2.24) is 15.1 Å². The second-order valence-corrected chi connectivity index (χ2v) is 5.71. The first-order valence-corrected chi connectivity index (χ1v) is 7.49. The number of nitrogens with one attached hydrogen (secondary N) is 1. The number of nitrogens with zero attached hydrogens (tertiary/aromatic N) is 2. The maximum absolute atomic E-state index is 14.3. The lowest BCUT2D eigenvalue weighted by molar-refractivity contribution is 0.495. The Kier molecular flexibility index (Phi) is 4.94. The van der Waals surface area contributed by atoms with Crippen molar-refractivity contribution in [3.05, 3.63) is 51.5 Å². The van der Waals surface area contributed by atoms with Gasteiger partial charge in [-0.15, -0.1) is 0 Å². The average Bonchev–Trinajstić information content (AvgIpc) is 2.71. The van der Waals surface area contributed by atoms with E-state index in [1.807, 2.05) is 43.8 Å². The Morgan fingerprint density at radius 3 is 2.80 bits per heavy atom. The zero-order valence-corrected chi connectivity index (χ0v) is 13.5. The van der Waals surface area contributed by atoms with Crippen molar-refractivity contribution >= 4 is 15.9 Å². The first-order valence-electron chi connectivity index (χ1n) is 6.69. The van der Waals surface area contributed by atoms with Gasteiger partial charge in [-0.1, -0.05) is 19.1 Å². The zero-order chi connectivity index (χ0) is 14.7. The number of aryl methyl sites for hydroxylation is 2. The third-order valence-corrected chi connectivity index (χ3v) is 3.93. The molecule has 0 spiro atoms. The molecule has 1 aromatic heterocycles. The van der Waals surface area contributed by atoms with E-state index >= 15 is 0 Å². The normalized spacial score (nSPS) is 12.7. The fourth-order valence-electron chi connectivity index (χ4n) is 2.39. The third kappa shape index (κ3) is 3.27. The standard InChI is InChI=1S/C15H19BrFN3/c1-4-18-14(9-11-8-10(2)19-20(11)3)12-6-5-7-13(16)15(12)17/h5-8,14,18H,4,9H2,1-3H3. The van der Waals surface area contributed by atoms with Gasteiger partial charge in [0.25, 0.3) is 0 Å². The lowest BCUT2D eigenvalue weighted by Crippen LogP contribution is -2.25. The summed E-state index contributed by atoms with van der Waals surface area (Å²) in [6.07, 6.45) is 0.707. The molecule has 1 unspecified atom stereocenters. The Balaban J connectivity index is 2.31. The first-order chi connectivity index (χ1) is 9.52. The third-order valence-electron chi connectivity index (χ3n) is 3.32. The van der Waals surface area contributed by atoms with Crippen LogP contribution < -0.4 is 5.32 Å². The van der Waals surface area contributed by atoms with Gasteiger partial charge in [0.1, 0.15) is 5.82 Å². The summed E-state index contributed by atoms with van der Waals surface area (Å²) in [4.78, 5) is 0. The van der Waals surface area contributed by atoms with Gasteiger partial charge in [0, 0.05) is 30.8 Å². The summed E-state index contributed by atoms with van der Waals surface area (Å²) in [5.74, 6) is -0.197. The molecule has 0 aliphatic carbocycles. The molecule has 0 saturated heterocycles. The van der Waals surface area contributed by atoms with Crippen molar-refractivity contribution in [2.24, 2.45) is 7.05 Å². The van der Waals surface area contributed by atoms with E-state index in [-0.39, 0.29) is 11.9 Å². The second kappa shape index (κ2) is 6.50. The number of halogens is 2. The van der Waals surface area contributed by atoms with Gasteiger partial charge in [0.15, 0.2) is 0 Å². The van der Waals surface area contributed by atoms with Crippen LogP contribution in [0.4, 0.5) is 4.39 Å². The number of rotatable bonds is 5. The van der Waals surface area contributed by atoms with Gasteiger partial charge in [0.2, 0.25) is 0 Å². The number of hydrogen-bond acceptors (Lipinski definition) is 2. The van der Waals surface area contributed by atoms with Gasteiger partial charge in [-0.25, -0.2) is 4.39 Å². The van der Waals surface area contributed by atoms with Gasteiger partial charge >= 0.3 is 0 Å². The highest BCUT2D eigenvalue weighted by molar-refractivity contribution is 9.10. The van der Waals surface area contributed by atoms with Crippen molar-refractivity contribution in [1.29, 1.82) is 0 Å². The SMILES string of the molecule is CCNC(Cc1cc(C)nn1C)c1cccc(Br)c1F. The van der Waals surface area contributed by atoms with E-state index in [4.69, 9.17) is 0 Å². The molecule has 108 valence electrons. The summed E-state index contributed by atoms with van der Waals surface area (Å²) in [6.45, 7) is 4.77. The first kappa shape index (κ1) is 15.2. The van der Waals surface area contributed by atoms with E-state index in [2.05, 4.69) is 26.3 Å². The van der Waals surface area contributed by atoms with Crippen molar-refractivity contribution in [3.8, 4) is 0 Å². The maximum atomic E-state index is 14.3. The fourth-order valence-corrected chi connectivity index (χ4v) is 2.77. The summed E-state index contributed by atoms with van der Waals surface area (Å²) >= 11 is 3.25. The highest BCUT2D eigenvalue weighted by Gasteiger charge is 2.18. The number of likely N-dealkylation sites (N-methyl/N-ethyl adjacent to an activating group) is 1. The number of aromatic nitrogens is 2. The molecule has 0 amide bonds. The molecule has 20 heavy (non-hydrogen) atoms. The zero-order valence-electron chi connectivity index (χ0n) is 12.0.